The summed E-state index contributed by atoms with van der Waals surface area (Å²) in [7, 11) is 0. The molecule has 0 bridgehead atoms. The van der Waals surface area contributed by atoms with Crippen LogP contribution in [-0.2, 0) is 4.79 Å². The molecule has 3 aromatic rings. The minimum absolute atomic E-state index is 0.139. The van der Waals surface area contributed by atoms with Crippen LogP contribution >= 0.6 is 34.9 Å². The van der Waals surface area contributed by atoms with E-state index in [9.17, 15) is 4.79 Å². The van der Waals surface area contributed by atoms with Crippen molar-refractivity contribution in [3.8, 4) is 0 Å². The predicted molar refractivity (Wildman–Crippen MR) is 123 cm³/mol. The molecule has 2 heterocycles. The van der Waals surface area contributed by atoms with Crippen molar-refractivity contribution in [3.05, 3.63) is 42.5 Å². The molecule has 0 saturated carbocycles. The van der Waals surface area contributed by atoms with Gasteiger partial charge in [-0.2, -0.15) is 10.1 Å². The molecule has 0 aliphatic heterocycles. The minimum atomic E-state index is -0.215. The lowest BCUT2D eigenvalue weighted by molar-refractivity contribution is -0.113. The van der Waals surface area contributed by atoms with E-state index in [4.69, 9.17) is 5.73 Å². The summed E-state index contributed by atoms with van der Waals surface area (Å²) in [6.45, 7) is 5.52. The molecule has 1 amide bonds. The number of nitrogens with two attached hydrogens (primary N) is 1. The van der Waals surface area contributed by atoms with Gasteiger partial charge in [0.15, 0.2) is 4.34 Å². The lowest BCUT2D eigenvalue weighted by Gasteiger charge is -2.01. The number of hydrogen-bond acceptors (Lipinski definition) is 11. The Hall–Kier alpha value is -2.90. The van der Waals surface area contributed by atoms with Gasteiger partial charge < -0.3 is 5.73 Å². The molecule has 3 rings (SSSR count). The maximum atomic E-state index is 12.1. The molecule has 0 saturated heterocycles. The number of carbonyl (C=O) groups is 1. The highest BCUT2D eigenvalue weighted by Gasteiger charge is 2.11. The number of hydrazone groups is 1. The molecule has 156 valence electrons. The molecule has 0 unspecified atom stereocenters. The van der Waals surface area contributed by atoms with Crippen LogP contribution in [0.1, 0.15) is 12.5 Å². The Bertz CT molecular complexity index is 1030. The van der Waals surface area contributed by atoms with Crippen molar-refractivity contribution in [2.24, 2.45) is 5.10 Å². The number of aromatic nitrogens is 5. The van der Waals surface area contributed by atoms with Crippen LogP contribution in [-0.4, -0.2) is 48.5 Å². The Balaban J connectivity index is 1.46. The molecule has 13 heteroatoms. The summed E-state index contributed by atoms with van der Waals surface area (Å²) in [6.07, 6.45) is 1.78. The van der Waals surface area contributed by atoms with Gasteiger partial charge in [0.1, 0.15) is 0 Å². The average molecular weight is 462 g/mol. The van der Waals surface area contributed by atoms with E-state index in [2.05, 4.69) is 47.8 Å². The maximum absolute atomic E-state index is 12.1. The maximum Gasteiger partial charge on any atom is 0.240 e. The smallest absolute Gasteiger partial charge is 0.240 e. The summed E-state index contributed by atoms with van der Waals surface area (Å²) in [4.78, 5) is 16.3. The number of thioether (sulfide) groups is 2. The largest absolute Gasteiger partial charge is 0.399 e. The van der Waals surface area contributed by atoms with Crippen LogP contribution in [0.3, 0.4) is 0 Å². The standard InChI is InChI=1S/C17H19N9OS3/c1-3-8-28-17-26-25-16(30-17)19-13(27)9-29-15-20-14(23-24-15)22-21-10(2)11-4-6-12(18)7-5-11/h3-7H,1,8-9,18H2,2H3,(H,19,25,27)(H2,20,22,23,24)/b21-10-. The molecule has 30 heavy (non-hydrogen) atoms. The number of benzene rings is 1. The normalized spacial score (nSPS) is 11.3. The van der Waals surface area contributed by atoms with Crippen LogP contribution in [0.5, 0.6) is 0 Å². The summed E-state index contributed by atoms with van der Waals surface area (Å²) in [5, 5.41) is 22.6. The van der Waals surface area contributed by atoms with Crippen molar-refractivity contribution in [2.75, 3.05) is 28.0 Å². The van der Waals surface area contributed by atoms with Crippen molar-refractivity contribution in [3.63, 3.8) is 0 Å². The van der Waals surface area contributed by atoms with Gasteiger partial charge in [0.2, 0.25) is 22.1 Å². The van der Waals surface area contributed by atoms with Crippen LogP contribution in [0.15, 0.2) is 51.5 Å². The Morgan fingerprint density at radius 2 is 2.13 bits per heavy atom. The molecule has 0 radical (unpaired) electrons. The summed E-state index contributed by atoms with van der Waals surface area (Å²) in [6, 6.07) is 7.39. The third kappa shape index (κ3) is 6.57. The highest BCUT2D eigenvalue weighted by Crippen LogP contribution is 2.25. The first kappa shape index (κ1) is 21.8. The number of anilines is 3. The number of nitrogens with zero attached hydrogens (tertiary/aromatic N) is 5. The van der Waals surface area contributed by atoms with Crippen molar-refractivity contribution in [1.29, 1.82) is 0 Å². The van der Waals surface area contributed by atoms with E-state index in [0.29, 0.717) is 21.9 Å². The summed E-state index contributed by atoms with van der Waals surface area (Å²) < 4.78 is 0.775. The van der Waals surface area contributed by atoms with Gasteiger partial charge in [-0.3, -0.25) is 10.1 Å². The zero-order valence-electron chi connectivity index (χ0n) is 16.0. The van der Waals surface area contributed by atoms with Gasteiger partial charge in [-0.05, 0) is 24.6 Å². The Morgan fingerprint density at radius 3 is 2.90 bits per heavy atom. The van der Waals surface area contributed by atoms with E-state index >= 15 is 0 Å². The van der Waals surface area contributed by atoms with Crippen molar-refractivity contribution < 1.29 is 4.79 Å². The molecule has 2 aromatic heterocycles. The Labute approximate surface area is 185 Å². The molecule has 10 nitrogen and oxygen atoms in total. The third-order valence-corrected chi connectivity index (χ3v) is 6.25. The second-order valence-electron chi connectivity index (χ2n) is 5.71. The van der Waals surface area contributed by atoms with Crippen LogP contribution in [0.4, 0.5) is 16.8 Å². The quantitative estimate of drug-likeness (QED) is 0.0892. The molecule has 0 fully saturated rings. The molecular formula is C17H19N9OS3. The van der Waals surface area contributed by atoms with Crippen molar-refractivity contribution >= 4 is 63.2 Å². The van der Waals surface area contributed by atoms with E-state index < -0.39 is 0 Å². The monoisotopic (exact) mass is 461 g/mol. The fraction of sp³-hybridized carbons (Fsp3) is 0.176. The number of rotatable bonds is 10. The molecule has 0 atom stereocenters. The van der Waals surface area contributed by atoms with Crippen molar-refractivity contribution in [1.82, 2.24) is 25.4 Å². The number of nitrogen functional groups attached to an aromatic ring is 1. The van der Waals surface area contributed by atoms with Gasteiger partial charge in [-0.1, -0.05) is 53.1 Å². The molecule has 0 spiro atoms. The first-order valence-corrected chi connectivity index (χ1v) is 11.4. The van der Waals surface area contributed by atoms with Crippen LogP contribution < -0.4 is 16.5 Å². The number of carbonyl (C=O) groups excluding carboxylic acids is 1. The molecule has 1 aromatic carbocycles. The molecule has 0 aliphatic carbocycles. The van der Waals surface area contributed by atoms with E-state index in [1.807, 2.05) is 31.2 Å². The number of H-pyrrole nitrogens is 1. The number of aromatic amines is 1. The minimum Gasteiger partial charge on any atom is -0.399 e. The van der Waals surface area contributed by atoms with Crippen molar-refractivity contribution in [2.45, 2.75) is 16.4 Å². The second kappa shape index (κ2) is 10.8. The molecular weight excluding hydrogens is 442 g/mol. The van der Waals surface area contributed by atoms with Crippen LogP contribution in [0.2, 0.25) is 0 Å². The van der Waals surface area contributed by atoms with E-state index in [0.717, 1.165) is 21.4 Å². The Morgan fingerprint density at radius 1 is 1.33 bits per heavy atom. The summed E-state index contributed by atoms with van der Waals surface area (Å²) in [5.74, 6) is 1.04. The van der Waals surface area contributed by atoms with Gasteiger partial charge >= 0.3 is 0 Å². The number of nitrogens with one attached hydrogen (secondary N) is 3. The summed E-state index contributed by atoms with van der Waals surface area (Å²) in [5.41, 5.74) is 10.9. The second-order valence-corrected chi connectivity index (χ2v) is 8.89. The van der Waals surface area contributed by atoms with E-state index in [-0.39, 0.29) is 11.7 Å². The average Bonchev–Trinajstić information content (AvgIpc) is 3.38. The number of hydrogen-bond donors (Lipinski definition) is 4. The predicted octanol–water partition coefficient (Wildman–Crippen LogP) is 3.08. The van der Waals surface area contributed by atoms with E-state index in [1.54, 1.807) is 6.08 Å². The number of amides is 1. The van der Waals surface area contributed by atoms with Gasteiger partial charge in [-0.15, -0.1) is 21.9 Å². The van der Waals surface area contributed by atoms with E-state index in [1.165, 1.54) is 34.9 Å². The summed E-state index contributed by atoms with van der Waals surface area (Å²) >= 11 is 4.02. The van der Waals surface area contributed by atoms with Crippen LogP contribution in [0, 0.1) is 0 Å². The zero-order valence-corrected chi connectivity index (χ0v) is 18.4. The lowest BCUT2D eigenvalue weighted by Crippen LogP contribution is -2.13. The van der Waals surface area contributed by atoms with Gasteiger partial charge in [0, 0.05) is 11.4 Å². The lowest BCUT2D eigenvalue weighted by atomic mass is 10.1. The highest BCUT2D eigenvalue weighted by molar-refractivity contribution is 8.01. The fourth-order valence-corrected chi connectivity index (χ4v) is 4.15. The third-order valence-electron chi connectivity index (χ3n) is 3.43. The van der Waals surface area contributed by atoms with Gasteiger partial charge in [-0.25, -0.2) is 10.5 Å². The SMILES string of the molecule is C=CCSc1nnc(NC(=O)CSc2n[nH]c(N/N=C(/C)c3ccc(N)cc3)n2)s1. The highest BCUT2D eigenvalue weighted by atomic mass is 32.2. The topological polar surface area (TPSA) is 147 Å². The zero-order chi connectivity index (χ0) is 21.3. The van der Waals surface area contributed by atoms with Gasteiger partial charge in [0.25, 0.3) is 0 Å². The fourth-order valence-electron chi connectivity index (χ4n) is 2.02. The Kier molecular flexibility index (Phi) is 7.82. The first-order chi connectivity index (χ1) is 14.5. The molecule has 0 aliphatic rings. The first-order valence-electron chi connectivity index (χ1n) is 8.62. The van der Waals surface area contributed by atoms with Crippen LogP contribution in [0.25, 0.3) is 0 Å². The van der Waals surface area contributed by atoms with Gasteiger partial charge in [0.05, 0.1) is 11.5 Å². The molecule has 5 N–H and O–H groups in total.